The van der Waals surface area contributed by atoms with Crippen LogP contribution in [0.4, 0.5) is 0 Å². The number of benzene rings is 2. The lowest BCUT2D eigenvalue weighted by Gasteiger charge is -2.47. The quantitative estimate of drug-likeness (QED) is 0.607. The first kappa shape index (κ1) is 20.8. The van der Waals surface area contributed by atoms with Gasteiger partial charge in [0.25, 0.3) is 0 Å². The van der Waals surface area contributed by atoms with Crippen molar-refractivity contribution in [2.45, 2.75) is 38.8 Å². The number of rotatable bonds is 6. The van der Waals surface area contributed by atoms with E-state index in [4.69, 9.17) is 4.74 Å². The van der Waals surface area contributed by atoms with E-state index in [1.165, 1.54) is 0 Å². The van der Waals surface area contributed by atoms with Crippen molar-refractivity contribution < 1.29 is 14.3 Å². The minimum Gasteiger partial charge on any atom is -0.382 e. The fraction of sp³-hybridized carbons (Fsp3) is 0.385. The van der Waals surface area contributed by atoms with E-state index in [-0.39, 0.29) is 24.4 Å². The molecular formula is C26H29N3O3. The Morgan fingerprint density at radius 3 is 2.69 bits per heavy atom. The molecule has 6 nitrogen and oxygen atoms in total. The SMILES string of the molecule is CCOCCCN1CC(=O)N2[C@H](c3ccccc3C)c3[nH]c4ccccc4c3C[C@H]2C1=O. The molecule has 3 aromatic rings. The number of amides is 2. The first-order chi connectivity index (χ1) is 15.6. The highest BCUT2D eigenvalue weighted by molar-refractivity contribution is 5.97. The molecule has 1 aromatic heterocycles. The molecule has 2 aliphatic rings. The summed E-state index contributed by atoms with van der Waals surface area (Å²) in [5, 5.41) is 1.13. The average Bonchev–Trinajstić information content (AvgIpc) is 3.17. The van der Waals surface area contributed by atoms with Gasteiger partial charge < -0.3 is 19.5 Å². The van der Waals surface area contributed by atoms with Gasteiger partial charge in [-0.15, -0.1) is 0 Å². The highest BCUT2D eigenvalue weighted by Crippen LogP contribution is 2.43. The molecule has 32 heavy (non-hydrogen) atoms. The number of aryl methyl sites for hydroxylation is 1. The smallest absolute Gasteiger partial charge is 0.246 e. The number of H-pyrrole nitrogens is 1. The Labute approximate surface area is 188 Å². The number of nitrogens with zero attached hydrogens (tertiary/aromatic N) is 2. The molecule has 0 saturated carbocycles. The maximum absolute atomic E-state index is 13.6. The van der Waals surface area contributed by atoms with Crippen molar-refractivity contribution in [2.75, 3.05) is 26.3 Å². The van der Waals surface area contributed by atoms with Crippen LogP contribution in [0.3, 0.4) is 0 Å². The standard InChI is InChI=1S/C26H29N3O3/c1-3-32-14-8-13-28-16-23(30)29-22(26(28)31)15-20-19-11-6-7-12-21(19)27-24(20)25(29)18-10-5-4-9-17(18)2/h4-7,9-12,22,25,27H,3,8,13-16H2,1-2H3/t22-,25+/m0/s1. The van der Waals surface area contributed by atoms with E-state index >= 15 is 0 Å². The van der Waals surface area contributed by atoms with Crippen LogP contribution in [-0.2, 0) is 20.7 Å². The van der Waals surface area contributed by atoms with Crippen molar-refractivity contribution in [2.24, 2.45) is 0 Å². The Morgan fingerprint density at radius 1 is 1.09 bits per heavy atom. The zero-order chi connectivity index (χ0) is 22.2. The molecule has 2 amide bonds. The molecule has 5 rings (SSSR count). The van der Waals surface area contributed by atoms with Crippen LogP contribution >= 0.6 is 0 Å². The first-order valence-corrected chi connectivity index (χ1v) is 11.4. The lowest BCUT2D eigenvalue weighted by molar-refractivity contribution is -0.158. The normalized spacial score (nSPS) is 20.6. The monoisotopic (exact) mass is 431 g/mol. The number of piperazine rings is 1. The second-order valence-electron chi connectivity index (χ2n) is 8.65. The molecule has 1 N–H and O–H groups in total. The largest absolute Gasteiger partial charge is 0.382 e. The van der Waals surface area contributed by atoms with E-state index in [9.17, 15) is 9.59 Å². The van der Waals surface area contributed by atoms with Crippen LogP contribution in [0.25, 0.3) is 10.9 Å². The van der Waals surface area contributed by atoms with Gasteiger partial charge in [-0.05, 0) is 43.0 Å². The number of ether oxygens (including phenoxy) is 1. The zero-order valence-corrected chi connectivity index (χ0v) is 18.6. The highest BCUT2D eigenvalue weighted by atomic mass is 16.5. The summed E-state index contributed by atoms with van der Waals surface area (Å²) in [6.45, 7) is 5.95. The van der Waals surface area contributed by atoms with Crippen molar-refractivity contribution in [3.05, 3.63) is 70.9 Å². The summed E-state index contributed by atoms with van der Waals surface area (Å²) in [6, 6.07) is 15.6. The Balaban J connectivity index is 1.58. The minimum absolute atomic E-state index is 0.00330. The van der Waals surface area contributed by atoms with Crippen molar-refractivity contribution in [1.29, 1.82) is 0 Å². The lowest BCUT2D eigenvalue weighted by atomic mass is 9.85. The summed E-state index contributed by atoms with van der Waals surface area (Å²) in [4.78, 5) is 34.2. The predicted molar refractivity (Wildman–Crippen MR) is 123 cm³/mol. The molecule has 0 spiro atoms. The van der Waals surface area contributed by atoms with E-state index in [0.717, 1.165) is 39.7 Å². The van der Waals surface area contributed by atoms with Crippen LogP contribution in [0.5, 0.6) is 0 Å². The number of para-hydroxylation sites is 1. The number of aromatic nitrogens is 1. The molecule has 2 aliphatic heterocycles. The van der Waals surface area contributed by atoms with Crippen LogP contribution in [0.1, 0.15) is 41.8 Å². The molecule has 1 fully saturated rings. The van der Waals surface area contributed by atoms with E-state index in [1.54, 1.807) is 4.90 Å². The number of carbonyl (C=O) groups is 2. The number of aromatic amines is 1. The van der Waals surface area contributed by atoms with Gasteiger partial charge in [0.15, 0.2) is 0 Å². The Kier molecular flexibility index (Phi) is 5.47. The molecule has 6 heteroatoms. The molecule has 2 aromatic carbocycles. The van der Waals surface area contributed by atoms with Gasteiger partial charge in [0.2, 0.25) is 11.8 Å². The van der Waals surface area contributed by atoms with Gasteiger partial charge in [0.05, 0.1) is 12.6 Å². The van der Waals surface area contributed by atoms with Gasteiger partial charge in [-0.2, -0.15) is 0 Å². The third-order valence-corrected chi connectivity index (χ3v) is 6.75. The first-order valence-electron chi connectivity index (χ1n) is 11.4. The van der Waals surface area contributed by atoms with E-state index < -0.39 is 6.04 Å². The zero-order valence-electron chi connectivity index (χ0n) is 18.6. The van der Waals surface area contributed by atoms with Crippen LogP contribution < -0.4 is 0 Å². The number of hydrogen-bond donors (Lipinski definition) is 1. The van der Waals surface area contributed by atoms with Crippen LogP contribution in [-0.4, -0.2) is 58.9 Å². The predicted octanol–water partition coefficient (Wildman–Crippen LogP) is 3.59. The maximum Gasteiger partial charge on any atom is 0.246 e. The third-order valence-electron chi connectivity index (χ3n) is 6.75. The number of carbonyl (C=O) groups excluding carboxylic acids is 2. The maximum atomic E-state index is 13.6. The van der Waals surface area contributed by atoms with E-state index in [2.05, 4.69) is 36.2 Å². The summed E-state index contributed by atoms with van der Waals surface area (Å²) < 4.78 is 5.43. The Morgan fingerprint density at radius 2 is 1.88 bits per heavy atom. The topological polar surface area (TPSA) is 65.6 Å². The van der Waals surface area contributed by atoms with E-state index in [0.29, 0.717) is 26.2 Å². The molecule has 166 valence electrons. The number of fused-ring (bicyclic) bond motifs is 4. The van der Waals surface area contributed by atoms with Gasteiger partial charge in [0, 0.05) is 42.8 Å². The van der Waals surface area contributed by atoms with Crippen molar-refractivity contribution in [3.63, 3.8) is 0 Å². The highest BCUT2D eigenvalue weighted by Gasteiger charge is 2.48. The molecule has 2 atom stereocenters. The van der Waals surface area contributed by atoms with Gasteiger partial charge in [-0.25, -0.2) is 0 Å². The summed E-state index contributed by atoms with van der Waals surface area (Å²) in [6.07, 6.45) is 1.27. The average molecular weight is 432 g/mol. The molecule has 1 saturated heterocycles. The van der Waals surface area contributed by atoms with Gasteiger partial charge >= 0.3 is 0 Å². The van der Waals surface area contributed by atoms with Crippen LogP contribution in [0.2, 0.25) is 0 Å². The minimum atomic E-state index is -0.486. The molecule has 0 aliphatic carbocycles. The summed E-state index contributed by atoms with van der Waals surface area (Å²) >= 11 is 0. The summed E-state index contributed by atoms with van der Waals surface area (Å²) in [7, 11) is 0. The van der Waals surface area contributed by atoms with Crippen molar-refractivity contribution in [3.8, 4) is 0 Å². The molecule has 3 heterocycles. The molecule has 0 bridgehead atoms. The van der Waals surface area contributed by atoms with Gasteiger partial charge in [-0.1, -0.05) is 42.5 Å². The second kappa shape index (κ2) is 8.43. The number of hydrogen-bond acceptors (Lipinski definition) is 3. The molecular weight excluding hydrogens is 402 g/mol. The number of nitrogens with one attached hydrogen (secondary N) is 1. The van der Waals surface area contributed by atoms with E-state index in [1.807, 2.05) is 36.1 Å². The summed E-state index contributed by atoms with van der Waals surface area (Å²) in [5.41, 5.74) is 5.40. The van der Waals surface area contributed by atoms with Crippen LogP contribution in [0.15, 0.2) is 48.5 Å². The van der Waals surface area contributed by atoms with Crippen molar-refractivity contribution >= 4 is 22.7 Å². The fourth-order valence-corrected chi connectivity index (χ4v) is 5.23. The Hall–Kier alpha value is -3.12. The lowest BCUT2D eigenvalue weighted by Crippen LogP contribution is -2.63. The molecule has 0 radical (unpaired) electrons. The van der Waals surface area contributed by atoms with Gasteiger partial charge in [0.1, 0.15) is 6.04 Å². The summed E-state index contributed by atoms with van der Waals surface area (Å²) in [5.74, 6) is 0.0409. The molecule has 0 unspecified atom stereocenters. The third kappa shape index (κ3) is 3.39. The van der Waals surface area contributed by atoms with Crippen molar-refractivity contribution in [1.82, 2.24) is 14.8 Å². The van der Waals surface area contributed by atoms with Gasteiger partial charge in [-0.3, -0.25) is 9.59 Å². The van der Waals surface area contributed by atoms with Crippen LogP contribution in [0, 0.1) is 6.92 Å². The second-order valence-corrected chi connectivity index (χ2v) is 8.65. The Bertz CT molecular complexity index is 1170. The fourth-order valence-electron chi connectivity index (χ4n) is 5.23.